The molecule has 1 heterocycles. The molecule has 112 valence electrons. The third-order valence-corrected chi connectivity index (χ3v) is 6.27. The standard InChI is InChI=1S/C14H21ClN2O2S/c1-2-12-6-4-3-5-9-17(12)20(18,19)14-10-11(16)7-8-13(14)15/h7-8,10,12H,2-6,9,16H2,1H3. The van der Waals surface area contributed by atoms with E-state index in [0.717, 1.165) is 32.1 Å². The Bertz CT molecular complexity index is 575. The van der Waals surface area contributed by atoms with Crippen LogP contribution in [0.4, 0.5) is 5.69 Å². The van der Waals surface area contributed by atoms with E-state index < -0.39 is 10.0 Å². The maximum Gasteiger partial charge on any atom is 0.244 e. The van der Waals surface area contributed by atoms with Crippen LogP contribution in [0.5, 0.6) is 0 Å². The molecular weight excluding hydrogens is 296 g/mol. The Labute approximate surface area is 126 Å². The van der Waals surface area contributed by atoms with Gasteiger partial charge in [-0.1, -0.05) is 31.4 Å². The van der Waals surface area contributed by atoms with E-state index in [4.69, 9.17) is 17.3 Å². The quantitative estimate of drug-likeness (QED) is 0.870. The van der Waals surface area contributed by atoms with Crippen molar-refractivity contribution in [3.8, 4) is 0 Å². The fraction of sp³-hybridized carbons (Fsp3) is 0.571. The van der Waals surface area contributed by atoms with Crippen molar-refractivity contribution in [2.24, 2.45) is 0 Å². The van der Waals surface area contributed by atoms with E-state index in [-0.39, 0.29) is 16.0 Å². The first-order chi connectivity index (χ1) is 9.46. The average molecular weight is 317 g/mol. The highest BCUT2D eigenvalue weighted by molar-refractivity contribution is 7.89. The zero-order chi connectivity index (χ0) is 14.8. The van der Waals surface area contributed by atoms with Gasteiger partial charge in [-0.25, -0.2) is 8.42 Å². The molecule has 0 aliphatic carbocycles. The van der Waals surface area contributed by atoms with E-state index in [1.807, 2.05) is 6.92 Å². The van der Waals surface area contributed by atoms with Crippen molar-refractivity contribution in [2.75, 3.05) is 12.3 Å². The summed E-state index contributed by atoms with van der Waals surface area (Å²) in [5.41, 5.74) is 6.12. The van der Waals surface area contributed by atoms with Gasteiger partial charge in [0.05, 0.1) is 5.02 Å². The van der Waals surface area contributed by atoms with Crippen LogP contribution in [0.15, 0.2) is 23.1 Å². The van der Waals surface area contributed by atoms with E-state index in [0.29, 0.717) is 12.2 Å². The number of nitrogens with two attached hydrogens (primary N) is 1. The number of nitrogen functional groups attached to an aromatic ring is 1. The van der Waals surface area contributed by atoms with E-state index in [9.17, 15) is 8.42 Å². The lowest BCUT2D eigenvalue weighted by Gasteiger charge is -2.28. The smallest absolute Gasteiger partial charge is 0.244 e. The SMILES string of the molecule is CCC1CCCCCN1S(=O)(=O)c1cc(N)ccc1Cl. The maximum absolute atomic E-state index is 12.9. The van der Waals surface area contributed by atoms with Crippen molar-refractivity contribution >= 4 is 27.3 Å². The third-order valence-electron chi connectivity index (χ3n) is 3.84. The van der Waals surface area contributed by atoms with Gasteiger partial charge in [-0.2, -0.15) is 4.31 Å². The molecule has 1 saturated heterocycles. The third kappa shape index (κ3) is 3.10. The number of hydrogen-bond donors (Lipinski definition) is 1. The van der Waals surface area contributed by atoms with Gasteiger partial charge in [0.2, 0.25) is 10.0 Å². The van der Waals surface area contributed by atoms with Gasteiger partial charge in [0, 0.05) is 18.3 Å². The molecular formula is C14H21ClN2O2S. The number of halogens is 1. The molecule has 0 aromatic heterocycles. The molecule has 4 nitrogen and oxygen atoms in total. The summed E-state index contributed by atoms with van der Waals surface area (Å²) in [6, 6.07) is 4.67. The Morgan fingerprint density at radius 2 is 2.10 bits per heavy atom. The monoisotopic (exact) mass is 316 g/mol. The van der Waals surface area contributed by atoms with Crippen LogP contribution in [0, 0.1) is 0 Å². The molecule has 1 aliphatic rings. The highest BCUT2D eigenvalue weighted by Crippen LogP contribution is 2.31. The number of rotatable bonds is 3. The molecule has 0 radical (unpaired) electrons. The molecule has 1 atom stereocenters. The zero-order valence-corrected chi connectivity index (χ0v) is 13.3. The Hall–Kier alpha value is -0.780. The second-order valence-electron chi connectivity index (χ2n) is 5.22. The Balaban J connectivity index is 2.44. The molecule has 1 unspecified atom stereocenters. The summed E-state index contributed by atoms with van der Waals surface area (Å²) >= 11 is 6.07. The van der Waals surface area contributed by atoms with Gasteiger partial charge >= 0.3 is 0 Å². The first kappa shape index (κ1) is 15.6. The van der Waals surface area contributed by atoms with Gasteiger partial charge in [0.1, 0.15) is 4.90 Å². The van der Waals surface area contributed by atoms with Crippen molar-refractivity contribution in [3.05, 3.63) is 23.2 Å². The zero-order valence-electron chi connectivity index (χ0n) is 11.7. The normalized spacial score (nSPS) is 21.6. The van der Waals surface area contributed by atoms with Gasteiger partial charge < -0.3 is 5.73 Å². The highest BCUT2D eigenvalue weighted by Gasteiger charge is 2.32. The Kier molecular flexibility index (Phi) is 4.94. The molecule has 6 heteroatoms. The lowest BCUT2D eigenvalue weighted by atomic mass is 10.1. The predicted octanol–water partition coefficient (Wildman–Crippen LogP) is 3.27. The van der Waals surface area contributed by atoms with Crippen LogP contribution >= 0.6 is 11.6 Å². The van der Waals surface area contributed by atoms with E-state index in [2.05, 4.69) is 0 Å². The molecule has 0 saturated carbocycles. The molecule has 1 aromatic carbocycles. The number of hydrogen-bond acceptors (Lipinski definition) is 3. The summed E-state index contributed by atoms with van der Waals surface area (Å²) in [5.74, 6) is 0. The first-order valence-corrected chi connectivity index (χ1v) is 8.85. The van der Waals surface area contributed by atoms with Crippen LogP contribution in [0.25, 0.3) is 0 Å². The minimum atomic E-state index is -3.58. The molecule has 1 fully saturated rings. The molecule has 2 rings (SSSR count). The van der Waals surface area contributed by atoms with Crippen LogP contribution in [0.2, 0.25) is 5.02 Å². The summed E-state index contributed by atoms with van der Waals surface area (Å²) in [7, 11) is -3.58. The number of anilines is 1. The minimum absolute atomic E-state index is 0.0556. The fourth-order valence-corrected chi connectivity index (χ4v) is 5.00. The van der Waals surface area contributed by atoms with Crippen LogP contribution in [0.3, 0.4) is 0 Å². The largest absolute Gasteiger partial charge is 0.399 e. The number of sulfonamides is 1. The molecule has 1 aliphatic heterocycles. The van der Waals surface area contributed by atoms with Gasteiger partial charge in [0.15, 0.2) is 0 Å². The van der Waals surface area contributed by atoms with E-state index in [1.54, 1.807) is 16.4 Å². The summed E-state index contributed by atoms with van der Waals surface area (Å²) < 4.78 is 27.3. The molecule has 1 aromatic rings. The van der Waals surface area contributed by atoms with Gasteiger partial charge in [-0.05, 0) is 37.5 Å². The average Bonchev–Trinajstić information content (AvgIpc) is 2.66. The van der Waals surface area contributed by atoms with Crippen LogP contribution in [0.1, 0.15) is 39.0 Å². The number of benzene rings is 1. The number of nitrogens with zero attached hydrogens (tertiary/aromatic N) is 1. The van der Waals surface area contributed by atoms with Crippen molar-refractivity contribution in [3.63, 3.8) is 0 Å². The lowest BCUT2D eigenvalue weighted by Crippen LogP contribution is -2.39. The first-order valence-electron chi connectivity index (χ1n) is 7.03. The van der Waals surface area contributed by atoms with Crippen LogP contribution < -0.4 is 5.73 Å². The van der Waals surface area contributed by atoms with Crippen molar-refractivity contribution < 1.29 is 8.42 Å². The topological polar surface area (TPSA) is 63.4 Å². The second-order valence-corrected chi connectivity index (χ2v) is 7.48. The molecule has 20 heavy (non-hydrogen) atoms. The lowest BCUT2D eigenvalue weighted by molar-refractivity contribution is 0.315. The molecule has 2 N–H and O–H groups in total. The fourth-order valence-electron chi connectivity index (χ4n) is 2.72. The van der Waals surface area contributed by atoms with Crippen LogP contribution in [-0.4, -0.2) is 25.3 Å². The molecule has 0 amide bonds. The van der Waals surface area contributed by atoms with E-state index >= 15 is 0 Å². The Morgan fingerprint density at radius 1 is 1.35 bits per heavy atom. The van der Waals surface area contributed by atoms with Gasteiger partial charge in [-0.15, -0.1) is 0 Å². The van der Waals surface area contributed by atoms with Crippen molar-refractivity contribution in [1.29, 1.82) is 0 Å². The van der Waals surface area contributed by atoms with Gasteiger partial charge in [-0.3, -0.25) is 0 Å². The minimum Gasteiger partial charge on any atom is -0.399 e. The maximum atomic E-state index is 12.9. The Morgan fingerprint density at radius 3 is 2.80 bits per heavy atom. The molecule has 0 spiro atoms. The summed E-state index contributed by atoms with van der Waals surface area (Å²) in [6.45, 7) is 2.59. The summed E-state index contributed by atoms with van der Waals surface area (Å²) in [6.07, 6.45) is 4.78. The summed E-state index contributed by atoms with van der Waals surface area (Å²) in [4.78, 5) is 0.125. The van der Waals surface area contributed by atoms with E-state index in [1.165, 1.54) is 6.07 Å². The summed E-state index contributed by atoms with van der Waals surface area (Å²) in [5, 5.41) is 0.235. The second kappa shape index (κ2) is 6.33. The van der Waals surface area contributed by atoms with Crippen molar-refractivity contribution in [2.45, 2.75) is 50.0 Å². The van der Waals surface area contributed by atoms with Gasteiger partial charge in [0.25, 0.3) is 0 Å². The molecule has 0 bridgehead atoms. The predicted molar refractivity (Wildman–Crippen MR) is 82.3 cm³/mol. The highest BCUT2D eigenvalue weighted by atomic mass is 35.5. The van der Waals surface area contributed by atoms with Crippen molar-refractivity contribution in [1.82, 2.24) is 4.31 Å². The van der Waals surface area contributed by atoms with Crippen LogP contribution in [-0.2, 0) is 10.0 Å².